The summed E-state index contributed by atoms with van der Waals surface area (Å²) in [4.78, 5) is 26.8. The Balaban J connectivity index is 1.62. The summed E-state index contributed by atoms with van der Waals surface area (Å²) in [6, 6.07) is 6.88. The van der Waals surface area contributed by atoms with Gasteiger partial charge in [-0.15, -0.1) is 0 Å². The summed E-state index contributed by atoms with van der Waals surface area (Å²) in [5.41, 5.74) is -0.281. The summed E-state index contributed by atoms with van der Waals surface area (Å²) in [5.74, 6) is 0.0870. The highest BCUT2D eigenvalue weighted by Crippen LogP contribution is 2.24. The predicted molar refractivity (Wildman–Crippen MR) is 97.9 cm³/mol. The second-order valence-electron chi connectivity index (χ2n) is 6.12. The first-order valence-electron chi connectivity index (χ1n) is 8.97. The number of carbonyl (C=O) groups is 1. The van der Waals surface area contributed by atoms with E-state index in [2.05, 4.69) is 10.2 Å². The van der Waals surface area contributed by atoms with Gasteiger partial charge in [-0.05, 0) is 32.0 Å². The summed E-state index contributed by atoms with van der Waals surface area (Å²) < 4.78 is 16.1. The minimum atomic E-state index is -0.657. The first-order chi connectivity index (χ1) is 12.7. The normalized spacial score (nSPS) is 15.1. The number of nitrogens with zero attached hydrogens (tertiary/aromatic N) is 1. The number of fused-ring (bicyclic) bond motifs is 1. The molecule has 0 bridgehead atoms. The van der Waals surface area contributed by atoms with Gasteiger partial charge in [0.15, 0.2) is 11.3 Å². The molecule has 140 valence electrons. The van der Waals surface area contributed by atoms with E-state index in [0.29, 0.717) is 29.9 Å². The number of ether oxygens (including phenoxy) is 2. The first kappa shape index (κ1) is 18.4. The van der Waals surface area contributed by atoms with Crippen LogP contribution < -0.4 is 15.7 Å². The van der Waals surface area contributed by atoms with Crippen molar-refractivity contribution < 1.29 is 18.7 Å². The molecule has 0 saturated carbocycles. The van der Waals surface area contributed by atoms with Crippen molar-refractivity contribution in [3.8, 4) is 5.75 Å². The fourth-order valence-electron chi connectivity index (χ4n) is 2.97. The Hall–Kier alpha value is -2.38. The average molecular weight is 360 g/mol. The topological polar surface area (TPSA) is 81.0 Å². The molecule has 1 aliphatic heterocycles. The fraction of sp³-hybridized carbons (Fsp3) is 0.474. The van der Waals surface area contributed by atoms with Crippen molar-refractivity contribution in [1.29, 1.82) is 0 Å². The molecule has 0 aliphatic carbocycles. The van der Waals surface area contributed by atoms with E-state index in [0.717, 1.165) is 39.3 Å². The maximum absolute atomic E-state index is 12.3. The molecular weight excluding hydrogens is 336 g/mol. The van der Waals surface area contributed by atoms with Crippen molar-refractivity contribution in [3.63, 3.8) is 0 Å². The Morgan fingerprint density at radius 1 is 1.31 bits per heavy atom. The van der Waals surface area contributed by atoms with Gasteiger partial charge in [-0.25, -0.2) is 4.79 Å². The first-order valence-corrected chi connectivity index (χ1v) is 8.97. The van der Waals surface area contributed by atoms with E-state index in [4.69, 9.17) is 13.9 Å². The van der Waals surface area contributed by atoms with Crippen LogP contribution >= 0.6 is 0 Å². The lowest BCUT2D eigenvalue weighted by Crippen LogP contribution is -2.38. The van der Waals surface area contributed by atoms with Crippen LogP contribution in [0, 0.1) is 0 Å². The third kappa shape index (κ3) is 4.42. The Kier molecular flexibility index (Phi) is 6.25. The van der Waals surface area contributed by atoms with Crippen molar-refractivity contribution in [1.82, 2.24) is 10.2 Å². The highest BCUT2D eigenvalue weighted by Gasteiger charge is 2.16. The molecule has 0 radical (unpaired) electrons. The third-order valence-electron chi connectivity index (χ3n) is 4.31. The van der Waals surface area contributed by atoms with Crippen LogP contribution in [0.5, 0.6) is 5.75 Å². The molecule has 1 saturated heterocycles. The summed E-state index contributed by atoms with van der Waals surface area (Å²) in [6.07, 6.45) is 0.819. The minimum Gasteiger partial charge on any atom is -0.490 e. The smallest absolute Gasteiger partial charge is 0.349 e. The van der Waals surface area contributed by atoms with Gasteiger partial charge in [0.2, 0.25) is 0 Å². The molecule has 1 N–H and O–H groups in total. The Bertz CT molecular complexity index is 811. The van der Waals surface area contributed by atoms with Crippen molar-refractivity contribution >= 4 is 16.9 Å². The monoisotopic (exact) mass is 360 g/mol. The molecule has 1 fully saturated rings. The second-order valence-corrected chi connectivity index (χ2v) is 6.12. The molecule has 26 heavy (non-hydrogen) atoms. The molecule has 0 spiro atoms. The standard InChI is InChI=1S/C19H24N2O5/c1-2-25-16-6-3-5-14-13-15(19(23)26-17(14)16)18(22)20-7-4-8-21-9-11-24-12-10-21/h3,5-6,13H,2,4,7-12H2,1H3,(H,20,22). The van der Waals surface area contributed by atoms with Crippen molar-refractivity contribution in [2.75, 3.05) is 46.0 Å². The van der Waals surface area contributed by atoms with E-state index in [1.807, 2.05) is 6.92 Å². The molecule has 0 unspecified atom stereocenters. The highest BCUT2D eigenvalue weighted by atomic mass is 16.5. The number of para-hydroxylation sites is 1. The van der Waals surface area contributed by atoms with Gasteiger partial charge in [0.1, 0.15) is 5.56 Å². The molecule has 1 aromatic carbocycles. The third-order valence-corrected chi connectivity index (χ3v) is 4.31. The van der Waals surface area contributed by atoms with E-state index < -0.39 is 11.5 Å². The van der Waals surface area contributed by atoms with Crippen LogP contribution in [0.2, 0.25) is 0 Å². The lowest BCUT2D eigenvalue weighted by Gasteiger charge is -2.26. The molecule has 1 aromatic heterocycles. The molecule has 2 heterocycles. The Labute approximate surface area is 151 Å². The summed E-state index contributed by atoms with van der Waals surface area (Å²) >= 11 is 0. The van der Waals surface area contributed by atoms with Gasteiger partial charge in [0.25, 0.3) is 5.91 Å². The van der Waals surface area contributed by atoms with Crippen LogP contribution in [0.25, 0.3) is 11.0 Å². The van der Waals surface area contributed by atoms with Gasteiger partial charge >= 0.3 is 5.63 Å². The predicted octanol–water partition coefficient (Wildman–Crippen LogP) is 1.64. The number of morpholine rings is 1. The van der Waals surface area contributed by atoms with Crippen molar-refractivity contribution in [3.05, 3.63) is 40.2 Å². The summed E-state index contributed by atoms with van der Waals surface area (Å²) in [6.45, 7) is 7.08. The Morgan fingerprint density at radius 2 is 2.12 bits per heavy atom. The molecule has 1 aliphatic rings. The van der Waals surface area contributed by atoms with E-state index in [9.17, 15) is 9.59 Å². The number of nitrogens with one attached hydrogen (secondary N) is 1. The van der Waals surface area contributed by atoms with Crippen LogP contribution in [0.15, 0.2) is 33.5 Å². The number of hydrogen-bond acceptors (Lipinski definition) is 6. The lowest BCUT2D eigenvalue weighted by molar-refractivity contribution is 0.0374. The van der Waals surface area contributed by atoms with E-state index in [-0.39, 0.29) is 5.56 Å². The second kappa shape index (κ2) is 8.82. The van der Waals surface area contributed by atoms with Crippen LogP contribution in [0.3, 0.4) is 0 Å². The number of benzene rings is 1. The molecule has 1 amide bonds. The quantitative estimate of drug-likeness (QED) is 0.597. The zero-order chi connectivity index (χ0) is 18.4. The lowest BCUT2D eigenvalue weighted by atomic mass is 10.1. The summed E-state index contributed by atoms with van der Waals surface area (Å²) in [5, 5.41) is 3.46. The summed E-state index contributed by atoms with van der Waals surface area (Å²) in [7, 11) is 0. The molecule has 0 atom stereocenters. The van der Waals surface area contributed by atoms with Gasteiger partial charge < -0.3 is 19.2 Å². The van der Waals surface area contributed by atoms with Gasteiger partial charge in [-0.3, -0.25) is 9.69 Å². The molecule has 2 aromatic rings. The van der Waals surface area contributed by atoms with E-state index in [1.54, 1.807) is 24.3 Å². The van der Waals surface area contributed by atoms with Crippen LogP contribution in [-0.2, 0) is 4.74 Å². The molecular formula is C19H24N2O5. The minimum absolute atomic E-state index is 0.0116. The van der Waals surface area contributed by atoms with Crippen LogP contribution in [0.1, 0.15) is 23.7 Å². The van der Waals surface area contributed by atoms with Gasteiger partial charge in [0, 0.05) is 25.0 Å². The van der Waals surface area contributed by atoms with Crippen molar-refractivity contribution in [2.45, 2.75) is 13.3 Å². The number of carbonyl (C=O) groups excluding carboxylic acids is 1. The zero-order valence-electron chi connectivity index (χ0n) is 15.0. The SMILES string of the molecule is CCOc1cccc2cc(C(=O)NCCCN3CCOCC3)c(=O)oc12. The van der Waals surface area contributed by atoms with Crippen LogP contribution in [-0.4, -0.2) is 56.8 Å². The van der Waals surface area contributed by atoms with E-state index in [1.165, 1.54) is 0 Å². The molecule has 7 heteroatoms. The maximum Gasteiger partial charge on any atom is 0.349 e. The van der Waals surface area contributed by atoms with E-state index >= 15 is 0 Å². The number of amides is 1. The number of rotatable bonds is 7. The highest BCUT2D eigenvalue weighted by molar-refractivity contribution is 5.97. The number of hydrogen-bond donors (Lipinski definition) is 1. The van der Waals surface area contributed by atoms with Gasteiger partial charge in [0.05, 0.1) is 19.8 Å². The van der Waals surface area contributed by atoms with Gasteiger partial charge in [-0.1, -0.05) is 12.1 Å². The average Bonchev–Trinajstić information content (AvgIpc) is 2.66. The molecule has 7 nitrogen and oxygen atoms in total. The van der Waals surface area contributed by atoms with Crippen molar-refractivity contribution in [2.24, 2.45) is 0 Å². The zero-order valence-corrected chi connectivity index (χ0v) is 15.0. The fourth-order valence-corrected chi connectivity index (χ4v) is 2.97. The molecule has 3 rings (SSSR count). The van der Waals surface area contributed by atoms with Gasteiger partial charge in [-0.2, -0.15) is 0 Å². The maximum atomic E-state index is 12.3. The largest absolute Gasteiger partial charge is 0.490 e. The van der Waals surface area contributed by atoms with Crippen LogP contribution in [0.4, 0.5) is 0 Å². The Morgan fingerprint density at radius 3 is 2.88 bits per heavy atom.